The van der Waals surface area contributed by atoms with E-state index in [1.807, 2.05) is 30.3 Å². The zero-order chi connectivity index (χ0) is 21.2. The van der Waals surface area contributed by atoms with E-state index in [1.165, 1.54) is 6.07 Å². The molecule has 0 saturated heterocycles. The molecule has 30 heavy (non-hydrogen) atoms. The van der Waals surface area contributed by atoms with E-state index in [4.69, 9.17) is 9.47 Å². The van der Waals surface area contributed by atoms with Gasteiger partial charge in [0.1, 0.15) is 12.4 Å². The highest BCUT2D eigenvalue weighted by Gasteiger charge is 2.13. The molecule has 0 unspecified atom stereocenters. The van der Waals surface area contributed by atoms with Crippen molar-refractivity contribution in [1.82, 2.24) is 0 Å². The molecule has 0 bridgehead atoms. The molecular formula is C23H22N2O5. The Kier molecular flexibility index (Phi) is 7.38. The molecule has 0 aliphatic carbocycles. The summed E-state index contributed by atoms with van der Waals surface area (Å²) in [5.74, 6) is 0.767. The third-order valence-corrected chi connectivity index (χ3v) is 4.25. The van der Waals surface area contributed by atoms with Crippen LogP contribution in [0.4, 0.5) is 11.4 Å². The van der Waals surface area contributed by atoms with Gasteiger partial charge >= 0.3 is 5.69 Å². The molecule has 0 heterocycles. The predicted molar refractivity (Wildman–Crippen MR) is 114 cm³/mol. The molecule has 0 aromatic heterocycles. The summed E-state index contributed by atoms with van der Waals surface area (Å²) in [7, 11) is 0. The van der Waals surface area contributed by atoms with Gasteiger partial charge in [-0.2, -0.15) is 0 Å². The van der Waals surface area contributed by atoms with Crippen LogP contribution in [0.1, 0.15) is 18.4 Å². The summed E-state index contributed by atoms with van der Waals surface area (Å²) in [6.07, 6.45) is 0.684. The molecule has 1 amide bonds. The van der Waals surface area contributed by atoms with E-state index in [9.17, 15) is 14.9 Å². The van der Waals surface area contributed by atoms with Gasteiger partial charge in [0.05, 0.1) is 11.5 Å². The fraction of sp³-hybridized carbons (Fsp3) is 0.174. The maximum absolute atomic E-state index is 12.1. The van der Waals surface area contributed by atoms with E-state index in [-0.39, 0.29) is 30.4 Å². The minimum atomic E-state index is -0.491. The Morgan fingerprint density at radius 3 is 2.33 bits per heavy atom. The third kappa shape index (κ3) is 6.34. The molecule has 0 fully saturated rings. The number of nitrogens with zero attached hydrogens (tertiary/aromatic N) is 1. The highest BCUT2D eigenvalue weighted by atomic mass is 16.6. The largest absolute Gasteiger partial charge is 0.489 e. The van der Waals surface area contributed by atoms with E-state index < -0.39 is 4.92 Å². The number of hydrogen-bond acceptors (Lipinski definition) is 5. The van der Waals surface area contributed by atoms with Crippen LogP contribution in [-0.2, 0) is 11.4 Å². The number of anilines is 1. The van der Waals surface area contributed by atoms with Gasteiger partial charge in [0.25, 0.3) is 0 Å². The van der Waals surface area contributed by atoms with E-state index in [2.05, 4.69) is 5.32 Å². The van der Waals surface area contributed by atoms with Crippen molar-refractivity contribution in [1.29, 1.82) is 0 Å². The van der Waals surface area contributed by atoms with Crippen LogP contribution in [0.25, 0.3) is 0 Å². The summed E-state index contributed by atoms with van der Waals surface area (Å²) >= 11 is 0. The van der Waals surface area contributed by atoms with Crippen molar-refractivity contribution in [3.63, 3.8) is 0 Å². The first kappa shape index (κ1) is 20.9. The van der Waals surface area contributed by atoms with Gasteiger partial charge in [-0.3, -0.25) is 14.9 Å². The number of hydrogen-bond donors (Lipinski definition) is 1. The quantitative estimate of drug-likeness (QED) is 0.292. The number of carbonyl (C=O) groups excluding carboxylic acids is 1. The lowest BCUT2D eigenvalue weighted by Crippen LogP contribution is -2.13. The average molecular weight is 406 g/mol. The lowest BCUT2D eigenvalue weighted by atomic mass is 10.2. The number of nitrogens with one attached hydrogen (secondary N) is 1. The normalized spacial score (nSPS) is 10.3. The molecular weight excluding hydrogens is 384 g/mol. The highest BCUT2D eigenvalue weighted by Crippen LogP contribution is 2.26. The molecule has 3 rings (SSSR count). The first-order valence-electron chi connectivity index (χ1n) is 9.54. The van der Waals surface area contributed by atoms with Crippen molar-refractivity contribution < 1.29 is 19.2 Å². The molecule has 0 radical (unpaired) electrons. The number of nitro groups is 1. The number of nitro benzene ring substituents is 1. The molecule has 0 aliphatic rings. The summed E-state index contributed by atoms with van der Waals surface area (Å²) in [5.41, 5.74) is 1.67. The molecule has 7 nitrogen and oxygen atoms in total. The zero-order valence-electron chi connectivity index (χ0n) is 16.3. The van der Waals surface area contributed by atoms with Gasteiger partial charge < -0.3 is 14.8 Å². The number of para-hydroxylation sites is 2. The fourth-order valence-electron chi connectivity index (χ4n) is 2.74. The van der Waals surface area contributed by atoms with E-state index >= 15 is 0 Å². The standard InChI is InChI=1S/C23H22N2O5/c26-23(11-6-16-29-22-10-5-4-9-21(22)25(27)28)24-19-12-14-20(15-13-19)30-17-18-7-2-1-3-8-18/h1-5,7-10,12-15H,6,11,16-17H2,(H,24,26). The molecule has 7 heteroatoms. The molecule has 1 N–H and O–H groups in total. The van der Waals surface area contributed by atoms with Crippen LogP contribution >= 0.6 is 0 Å². The van der Waals surface area contributed by atoms with Gasteiger partial charge in [0.15, 0.2) is 5.75 Å². The summed E-state index contributed by atoms with van der Waals surface area (Å²) < 4.78 is 11.2. The van der Waals surface area contributed by atoms with Crippen LogP contribution in [0.5, 0.6) is 11.5 Å². The minimum absolute atomic E-state index is 0.0866. The fourth-order valence-corrected chi connectivity index (χ4v) is 2.74. The maximum Gasteiger partial charge on any atom is 0.310 e. The van der Waals surface area contributed by atoms with Crippen molar-refractivity contribution in [2.24, 2.45) is 0 Å². The molecule has 0 atom stereocenters. The molecule has 3 aromatic carbocycles. The van der Waals surface area contributed by atoms with Gasteiger partial charge in [0, 0.05) is 18.2 Å². The summed E-state index contributed by atoms with van der Waals surface area (Å²) in [4.78, 5) is 22.6. The Morgan fingerprint density at radius 1 is 0.900 bits per heavy atom. The van der Waals surface area contributed by atoms with E-state index in [1.54, 1.807) is 42.5 Å². The number of benzene rings is 3. The third-order valence-electron chi connectivity index (χ3n) is 4.25. The predicted octanol–water partition coefficient (Wildman–Crippen LogP) is 4.97. The van der Waals surface area contributed by atoms with Gasteiger partial charge in [-0.15, -0.1) is 0 Å². The summed E-state index contributed by atoms with van der Waals surface area (Å²) in [5, 5.41) is 13.8. The van der Waals surface area contributed by atoms with E-state index in [0.717, 1.165) is 11.3 Å². The second-order valence-electron chi connectivity index (χ2n) is 6.52. The molecule has 154 valence electrons. The summed E-state index contributed by atoms with van der Waals surface area (Å²) in [6, 6.07) is 23.2. The van der Waals surface area contributed by atoms with Crippen LogP contribution in [0, 0.1) is 10.1 Å². The second kappa shape index (κ2) is 10.6. The number of carbonyl (C=O) groups is 1. The Balaban J connectivity index is 1.39. The maximum atomic E-state index is 12.1. The second-order valence-corrected chi connectivity index (χ2v) is 6.52. The number of rotatable bonds is 10. The first-order chi connectivity index (χ1) is 14.6. The topological polar surface area (TPSA) is 90.7 Å². The smallest absolute Gasteiger partial charge is 0.310 e. The van der Waals surface area contributed by atoms with Crippen molar-refractivity contribution >= 4 is 17.3 Å². The van der Waals surface area contributed by atoms with Gasteiger partial charge in [0.2, 0.25) is 5.91 Å². The van der Waals surface area contributed by atoms with Crippen molar-refractivity contribution in [3.8, 4) is 11.5 Å². The molecule has 3 aromatic rings. The lowest BCUT2D eigenvalue weighted by Gasteiger charge is -2.09. The van der Waals surface area contributed by atoms with Crippen LogP contribution in [-0.4, -0.2) is 17.4 Å². The Labute approximate surface area is 174 Å². The van der Waals surface area contributed by atoms with Crippen LogP contribution in [0.2, 0.25) is 0 Å². The monoisotopic (exact) mass is 406 g/mol. The zero-order valence-corrected chi connectivity index (χ0v) is 16.3. The van der Waals surface area contributed by atoms with Crippen LogP contribution in [0.15, 0.2) is 78.9 Å². The Morgan fingerprint density at radius 2 is 1.60 bits per heavy atom. The Hall–Kier alpha value is -3.87. The highest BCUT2D eigenvalue weighted by molar-refractivity contribution is 5.90. The van der Waals surface area contributed by atoms with Gasteiger partial charge in [-0.1, -0.05) is 42.5 Å². The van der Waals surface area contributed by atoms with Gasteiger partial charge in [-0.05, 0) is 42.3 Å². The van der Waals surface area contributed by atoms with Crippen LogP contribution < -0.4 is 14.8 Å². The molecule has 0 spiro atoms. The van der Waals surface area contributed by atoms with Crippen molar-refractivity contribution in [2.75, 3.05) is 11.9 Å². The average Bonchev–Trinajstić information content (AvgIpc) is 2.77. The number of amides is 1. The van der Waals surface area contributed by atoms with Crippen molar-refractivity contribution in [3.05, 3.63) is 94.5 Å². The summed E-state index contributed by atoms with van der Waals surface area (Å²) in [6.45, 7) is 0.691. The lowest BCUT2D eigenvalue weighted by molar-refractivity contribution is -0.385. The number of ether oxygens (including phenoxy) is 2. The molecule has 0 aliphatic heterocycles. The SMILES string of the molecule is O=C(CCCOc1ccccc1[N+](=O)[O-])Nc1ccc(OCc2ccccc2)cc1. The van der Waals surface area contributed by atoms with Crippen molar-refractivity contribution in [2.45, 2.75) is 19.4 Å². The Bertz CT molecular complexity index is 974. The van der Waals surface area contributed by atoms with Gasteiger partial charge in [-0.25, -0.2) is 0 Å². The minimum Gasteiger partial charge on any atom is -0.489 e. The van der Waals surface area contributed by atoms with Crippen LogP contribution in [0.3, 0.4) is 0 Å². The first-order valence-corrected chi connectivity index (χ1v) is 9.54. The van der Waals surface area contributed by atoms with E-state index in [0.29, 0.717) is 18.7 Å². The molecule has 0 saturated carbocycles.